The zero-order valence-corrected chi connectivity index (χ0v) is 6.74. The van der Waals surface area contributed by atoms with Gasteiger partial charge in [0.15, 0.2) is 5.15 Å². The zero-order valence-electron chi connectivity index (χ0n) is 5.98. The van der Waals surface area contributed by atoms with Gasteiger partial charge in [-0.15, -0.1) is 5.10 Å². The molecular weight excluding hydrogens is 193 g/mol. The van der Waals surface area contributed by atoms with Crippen molar-refractivity contribution in [1.82, 2.24) is 10.2 Å². The predicted molar refractivity (Wildman–Crippen MR) is 36.8 cm³/mol. The lowest BCUT2D eigenvalue weighted by molar-refractivity contribution is -0.138. The van der Waals surface area contributed by atoms with Crippen molar-refractivity contribution >= 4 is 11.6 Å². The highest BCUT2D eigenvalue weighted by atomic mass is 35.5. The summed E-state index contributed by atoms with van der Waals surface area (Å²) in [6.45, 7) is 1.25. The Bertz CT molecular complexity index is 297. The lowest BCUT2D eigenvalue weighted by atomic mass is 10.2. The molecule has 0 aromatic carbocycles. The first-order chi connectivity index (χ1) is 5.43. The van der Waals surface area contributed by atoms with Crippen molar-refractivity contribution in [2.24, 2.45) is 0 Å². The molecule has 1 aromatic rings. The van der Waals surface area contributed by atoms with Crippen LogP contribution in [0.4, 0.5) is 13.2 Å². The van der Waals surface area contributed by atoms with Gasteiger partial charge >= 0.3 is 6.18 Å². The first-order valence-electron chi connectivity index (χ1n) is 2.98. The maximum absolute atomic E-state index is 12.1. The molecule has 0 spiro atoms. The molecule has 66 valence electrons. The summed E-state index contributed by atoms with van der Waals surface area (Å²) in [6, 6.07) is 0. The predicted octanol–water partition coefficient (Wildman–Crippen LogP) is 2.46. The molecule has 0 radical (unpaired) electrons. The van der Waals surface area contributed by atoms with Crippen molar-refractivity contribution in [1.29, 1.82) is 0 Å². The second-order valence-corrected chi connectivity index (χ2v) is 2.53. The van der Waals surface area contributed by atoms with Gasteiger partial charge in [-0.1, -0.05) is 11.6 Å². The molecule has 0 aliphatic heterocycles. The van der Waals surface area contributed by atoms with Gasteiger partial charge in [0.1, 0.15) is 0 Å². The summed E-state index contributed by atoms with van der Waals surface area (Å²) in [5.74, 6) is 0. The largest absolute Gasteiger partial charge is 0.418 e. The van der Waals surface area contributed by atoms with Crippen LogP contribution in [0.2, 0.25) is 5.15 Å². The van der Waals surface area contributed by atoms with E-state index in [1.165, 1.54) is 6.92 Å². The van der Waals surface area contributed by atoms with E-state index in [0.717, 1.165) is 0 Å². The molecule has 1 rings (SSSR count). The summed E-state index contributed by atoms with van der Waals surface area (Å²) in [5.41, 5.74) is -0.943. The molecule has 0 bridgehead atoms. The van der Waals surface area contributed by atoms with E-state index in [2.05, 4.69) is 10.2 Å². The Morgan fingerprint density at radius 3 is 2.42 bits per heavy atom. The van der Waals surface area contributed by atoms with Gasteiger partial charge in [-0.3, -0.25) is 0 Å². The molecule has 12 heavy (non-hydrogen) atoms. The fourth-order valence-electron chi connectivity index (χ4n) is 0.706. The number of nitrogens with zero attached hydrogens (tertiary/aromatic N) is 2. The number of alkyl halides is 3. The van der Waals surface area contributed by atoms with Crippen LogP contribution in [-0.4, -0.2) is 10.2 Å². The molecule has 0 saturated heterocycles. The van der Waals surface area contributed by atoms with Gasteiger partial charge < -0.3 is 0 Å². The average molecular weight is 197 g/mol. The SMILES string of the molecule is Cc1c(C(F)(F)F)cnnc1Cl. The highest BCUT2D eigenvalue weighted by Gasteiger charge is 2.33. The minimum absolute atomic E-state index is 0.0980. The topological polar surface area (TPSA) is 25.8 Å². The minimum atomic E-state index is -4.41. The van der Waals surface area contributed by atoms with Gasteiger partial charge in [-0.25, -0.2) is 0 Å². The highest BCUT2D eigenvalue weighted by Crippen LogP contribution is 2.32. The minimum Gasteiger partial charge on any atom is -0.166 e. The van der Waals surface area contributed by atoms with E-state index in [9.17, 15) is 13.2 Å². The summed E-state index contributed by atoms with van der Waals surface area (Å²) >= 11 is 5.35. The molecule has 0 unspecified atom stereocenters. The van der Waals surface area contributed by atoms with Crippen molar-refractivity contribution in [2.75, 3.05) is 0 Å². The van der Waals surface area contributed by atoms with Crippen LogP contribution in [0.1, 0.15) is 11.1 Å². The van der Waals surface area contributed by atoms with Gasteiger partial charge in [-0.05, 0) is 6.92 Å². The molecule has 6 heteroatoms. The van der Waals surface area contributed by atoms with E-state index in [4.69, 9.17) is 11.6 Å². The Morgan fingerprint density at radius 2 is 2.00 bits per heavy atom. The summed E-state index contributed by atoms with van der Waals surface area (Å²) in [5, 5.41) is 6.16. The van der Waals surface area contributed by atoms with Gasteiger partial charge in [0.25, 0.3) is 0 Å². The van der Waals surface area contributed by atoms with Gasteiger partial charge in [-0.2, -0.15) is 18.3 Å². The van der Waals surface area contributed by atoms with Crippen molar-refractivity contribution in [2.45, 2.75) is 13.1 Å². The van der Waals surface area contributed by atoms with E-state index in [-0.39, 0.29) is 10.7 Å². The first-order valence-corrected chi connectivity index (χ1v) is 3.35. The summed E-state index contributed by atoms with van der Waals surface area (Å²) in [4.78, 5) is 0. The Hall–Kier alpha value is -0.840. The fraction of sp³-hybridized carbons (Fsp3) is 0.333. The Kier molecular flexibility index (Phi) is 2.23. The third-order valence-electron chi connectivity index (χ3n) is 1.35. The van der Waals surface area contributed by atoms with Crippen molar-refractivity contribution in [3.63, 3.8) is 0 Å². The molecule has 1 aromatic heterocycles. The molecule has 0 amide bonds. The average Bonchev–Trinajstić information content (AvgIpc) is 1.92. The lowest BCUT2D eigenvalue weighted by Gasteiger charge is -2.08. The van der Waals surface area contributed by atoms with Crippen LogP contribution in [0.25, 0.3) is 0 Å². The van der Waals surface area contributed by atoms with E-state index >= 15 is 0 Å². The standard InChI is InChI=1S/C6H4ClF3N2/c1-3-4(6(8,9)10)2-11-12-5(3)7/h2H,1H3. The second kappa shape index (κ2) is 2.90. The molecule has 0 aliphatic carbocycles. The number of halogens is 4. The maximum atomic E-state index is 12.1. The highest BCUT2D eigenvalue weighted by molar-refractivity contribution is 6.30. The molecule has 0 saturated carbocycles. The first kappa shape index (κ1) is 9.25. The molecule has 1 heterocycles. The lowest BCUT2D eigenvalue weighted by Crippen LogP contribution is -2.09. The van der Waals surface area contributed by atoms with E-state index in [1.54, 1.807) is 0 Å². The van der Waals surface area contributed by atoms with Crippen molar-refractivity contribution < 1.29 is 13.2 Å². The zero-order chi connectivity index (χ0) is 9.35. The van der Waals surface area contributed by atoms with Crippen LogP contribution in [0.15, 0.2) is 6.20 Å². The van der Waals surface area contributed by atoms with Crippen molar-refractivity contribution in [3.8, 4) is 0 Å². The monoisotopic (exact) mass is 196 g/mol. The Balaban J connectivity index is 3.26. The van der Waals surface area contributed by atoms with Crippen LogP contribution >= 0.6 is 11.6 Å². The van der Waals surface area contributed by atoms with Gasteiger partial charge in [0.2, 0.25) is 0 Å². The van der Waals surface area contributed by atoms with E-state index in [0.29, 0.717) is 6.20 Å². The van der Waals surface area contributed by atoms with Crippen LogP contribution in [0, 0.1) is 6.92 Å². The number of hydrogen-bond acceptors (Lipinski definition) is 2. The third kappa shape index (κ3) is 1.66. The number of rotatable bonds is 0. The van der Waals surface area contributed by atoms with E-state index < -0.39 is 11.7 Å². The summed E-state index contributed by atoms with van der Waals surface area (Å²) in [7, 11) is 0. The normalized spacial score (nSPS) is 11.8. The fourth-order valence-corrected chi connectivity index (χ4v) is 0.851. The second-order valence-electron chi connectivity index (χ2n) is 2.17. The summed E-state index contributed by atoms with van der Waals surface area (Å²) < 4.78 is 36.3. The van der Waals surface area contributed by atoms with E-state index in [1.807, 2.05) is 0 Å². The van der Waals surface area contributed by atoms with Crippen LogP contribution < -0.4 is 0 Å². The smallest absolute Gasteiger partial charge is 0.166 e. The van der Waals surface area contributed by atoms with Crippen molar-refractivity contribution in [3.05, 3.63) is 22.5 Å². The maximum Gasteiger partial charge on any atom is 0.418 e. The third-order valence-corrected chi connectivity index (χ3v) is 1.71. The summed E-state index contributed by atoms with van der Waals surface area (Å²) in [6.07, 6.45) is -3.76. The van der Waals surface area contributed by atoms with Gasteiger partial charge in [0, 0.05) is 5.56 Å². The molecular formula is C6H4ClF3N2. The van der Waals surface area contributed by atoms with Gasteiger partial charge in [0.05, 0.1) is 11.8 Å². The van der Waals surface area contributed by atoms with Crippen LogP contribution in [0.3, 0.4) is 0 Å². The molecule has 2 nitrogen and oxygen atoms in total. The van der Waals surface area contributed by atoms with Crippen LogP contribution in [0.5, 0.6) is 0 Å². The number of aromatic nitrogens is 2. The van der Waals surface area contributed by atoms with Crippen LogP contribution in [-0.2, 0) is 6.18 Å². The quantitative estimate of drug-likeness (QED) is 0.637. The molecule has 0 aliphatic rings. The Morgan fingerprint density at radius 1 is 1.42 bits per heavy atom. The number of hydrogen-bond donors (Lipinski definition) is 0. The molecule has 0 fully saturated rings. The molecule has 0 N–H and O–H groups in total. The Labute approximate surface area is 71.4 Å². The molecule has 0 atom stereocenters.